The summed E-state index contributed by atoms with van der Waals surface area (Å²) < 4.78 is 5.62. The molecule has 0 amide bonds. The summed E-state index contributed by atoms with van der Waals surface area (Å²) in [5.74, 6) is 0.864. The summed E-state index contributed by atoms with van der Waals surface area (Å²) in [4.78, 5) is 2.33. The van der Waals surface area contributed by atoms with Crippen molar-refractivity contribution in [2.45, 2.75) is 46.0 Å². The largest absolute Gasteiger partial charge is 0.380 e. The topological polar surface area (TPSA) is 36.3 Å². The summed E-state index contributed by atoms with van der Waals surface area (Å²) in [6.07, 6.45) is 6.03. The molecule has 3 heteroatoms. The van der Waals surface area contributed by atoms with Gasteiger partial charge in [0.2, 0.25) is 0 Å². The molecule has 0 atom stereocenters. The second-order valence-corrected chi connectivity index (χ2v) is 6.27. The number of rotatable bonds is 10. The molecule has 1 fully saturated rings. The maximum Gasteiger partial charge on any atom is 0.0683 e. The van der Waals surface area contributed by atoms with E-state index in [0.717, 1.165) is 45.1 Å². The van der Waals surface area contributed by atoms with Gasteiger partial charge in [-0.05, 0) is 59.0 Å². The van der Waals surface area contributed by atoms with Crippen molar-refractivity contribution in [3.05, 3.63) is 0 Å². The summed E-state index contributed by atoms with van der Waals surface area (Å²) in [7, 11) is 2.15. The van der Waals surface area contributed by atoms with E-state index in [9.17, 15) is 0 Å². The Balaban J connectivity index is 1.89. The Morgan fingerprint density at radius 2 is 2.00 bits per heavy atom. The molecule has 0 aromatic rings. The predicted molar refractivity (Wildman–Crippen MR) is 74.3 cm³/mol. The quantitative estimate of drug-likeness (QED) is 0.561. The van der Waals surface area contributed by atoms with E-state index in [2.05, 4.69) is 18.0 Å². The van der Waals surface area contributed by atoms with Crippen LogP contribution in [-0.2, 0) is 4.74 Å². The lowest BCUT2D eigenvalue weighted by Crippen LogP contribution is -2.25. The first-order chi connectivity index (χ1) is 8.53. The van der Waals surface area contributed by atoms with Gasteiger partial charge < -0.3 is 9.64 Å². The Morgan fingerprint density at radius 1 is 1.28 bits per heavy atom. The highest BCUT2D eigenvalue weighted by atomic mass is 16.5. The fraction of sp³-hybridized carbons (Fsp3) is 0.933. The molecule has 0 aromatic carbocycles. The molecule has 0 N–H and O–H groups in total. The summed E-state index contributed by atoms with van der Waals surface area (Å²) in [5.41, 5.74) is -0.161. The maximum atomic E-state index is 8.92. The van der Waals surface area contributed by atoms with Gasteiger partial charge in [0.15, 0.2) is 0 Å². The molecule has 18 heavy (non-hydrogen) atoms. The Kier molecular flexibility index (Phi) is 6.67. The van der Waals surface area contributed by atoms with Crippen LogP contribution in [0.3, 0.4) is 0 Å². The summed E-state index contributed by atoms with van der Waals surface area (Å²) >= 11 is 0. The van der Waals surface area contributed by atoms with Crippen molar-refractivity contribution in [1.29, 1.82) is 5.26 Å². The highest BCUT2D eigenvalue weighted by molar-refractivity contribution is 4.91. The number of hydrogen-bond donors (Lipinski definition) is 0. The van der Waals surface area contributed by atoms with Gasteiger partial charge in [-0.3, -0.25) is 0 Å². The van der Waals surface area contributed by atoms with E-state index in [1.54, 1.807) is 0 Å². The zero-order valence-corrected chi connectivity index (χ0v) is 12.2. The van der Waals surface area contributed by atoms with Gasteiger partial charge in [0, 0.05) is 13.2 Å². The van der Waals surface area contributed by atoms with Crippen molar-refractivity contribution in [3.63, 3.8) is 0 Å². The van der Waals surface area contributed by atoms with E-state index >= 15 is 0 Å². The molecule has 104 valence electrons. The monoisotopic (exact) mass is 252 g/mol. The third-order valence-corrected chi connectivity index (χ3v) is 3.56. The van der Waals surface area contributed by atoms with Crippen LogP contribution in [-0.4, -0.2) is 38.3 Å². The normalized spacial score (nSPS) is 15.9. The first-order valence-corrected chi connectivity index (χ1v) is 7.21. The van der Waals surface area contributed by atoms with E-state index in [0.29, 0.717) is 0 Å². The summed E-state index contributed by atoms with van der Waals surface area (Å²) in [6.45, 7) is 7.98. The average molecular weight is 252 g/mol. The van der Waals surface area contributed by atoms with Crippen LogP contribution in [0.5, 0.6) is 0 Å². The number of nitrogens with zero attached hydrogens (tertiary/aromatic N) is 2. The highest BCUT2D eigenvalue weighted by Gasteiger charge is 2.21. The lowest BCUT2D eigenvalue weighted by atomic mass is 9.89. The van der Waals surface area contributed by atoms with Gasteiger partial charge in [-0.15, -0.1) is 0 Å². The molecule has 0 unspecified atom stereocenters. The van der Waals surface area contributed by atoms with Crippen molar-refractivity contribution in [1.82, 2.24) is 4.90 Å². The molecular weight excluding hydrogens is 224 g/mol. The third kappa shape index (κ3) is 7.68. The van der Waals surface area contributed by atoms with Crippen molar-refractivity contribution in [2.75, 3.05) is 33.4 Å². The molecule has 1 aliphatic rings. The third-order valence-electron chi connectivity index (χ3n) is 3.56. The number of ether oxygens (including phenoxy) is 1. The highest BCUT2D eigenvalue weighted by Crippen LogP contribution is 2.28. The van der Waals surface area contributed by atoms with Crippen molar-refractivity contribution in [3.8, 4) is 6.07 Å². The molecular formula is C15H28N2O. The summed E-state index contributed by atoms with van der Waals surface area (Å²) in [5, 5.41) is 8.92. The maximum absolute atomic E-state index is 8.92. The second kappa shape index (κ2) is 7.76. The van der Waals surface area contributed by atoms with Gasteiger partial charge in [0.1, 0.15) is 0 Å². The minimum absolute atomic E-state index is 0.161. The molecule has 0 bridgehead atoms. The molecule has 1 rings (SSSR count). The van der Waals surface area contributed by atoms with E-state index in [4.69, 9.17) is 10.00 Å². The Labute approximate surface area is 112 Å². The van der Waals surface area contributed by atoms with Crippen LogP contribution in [0.4, 0.5) is 0 Å². The Morgan fingerprint density at radius 3 is 2.61 bits per heavy atom. The zero-order chi connectivity index (χ0) is 13.4. The molecule has 0 saturated heterocycles. The van der Waals surface area contributed by atoms with Gasteiger partial charge in [0.25, 0.3) is 0 Å². The van der Waals surface area contributed by atoms with Gasteiger partial charge in [-0.25, -0.2) is 0 Å². The number of hydrogen-bond acceptors (Lipinski definition) is 3. The van der Waals surface area contributed by atoms with Crippen molar-refractivity contribution >= 4 is 0 Å². The molecule has 0 radical (unpaired) electrons. The Bertz CT molecular complexity index is 266. The lowest BCUT2D eigenvalue weighted by Gasteiger charge is -2.18. The van der Waals surface area contributed by atoms with E-state index in [1.807, 2.05) is 13.8 Å². The molecule has 0 heterocycles. The smallest absolute Gasteiger partial charge is 0.0683 e. The molecule has 1 saturated carbocycles. The van der Waals surface area contributed by atoms with Crippen LogP contribution in [0, 0.1) is 22.7 Å². The minimum Gasteiger partial charge on any atom is -0.380 e. The lowest BCUT2D eigenvalue weighted by molar-refractivity contribution is 0.103. The van der Waals surface area contributed by atoms with Gasteiger partial charge in [-0.1, -0.05) is 6.42 Å². The summed E-state index contributed by atoms with van der Waals surface area (Å²) in [6, 6.07) is 2.35. The molecule has 1 aliphatic carbocycles. The van der Waals surface area contributed by atoms with Gasteiger partial charge >= 0.3 is 0 Å². The van der Waals surface area contributed by atoms with E-state index < -0.39 is 0 Å². The van der Waals surface area contributed by atoms with Crippen LogP contribution >= 0.6 is 0 Å². The number of nitriles is 1. The molecule has 0 aromatic heterocycles. The van der Waals surface area contributed by atoms with Crippen molar-refractivity contribution in [2.24, 2.45) is 11.3 Å². The molecule has 0 spiro atoms. The first kappa shape index (κ1) is 15.5. The van der Waals surface area contributed by atoms with Crippen LogP contribution in [0.2, 0.25) is 0 Å². The van der Waals surface area contributed by atoms with Crippen LogP contribution in [0.1, 0.15) is 46.0 Å². The van der Waals surface area contributed by atoms with Gasteiger partial charge in [-0.2, -0.15) is 5.26 Å². The minimum atomic E-state index is -0.161. The SMILES string of the molecule is CN(CCCCC(C)(C)C#N)CCOCC1CC1. The van der Waals surface area contributed by atoms with E-state index in [-0.39, 0.29) is 5.41 Å². The number of unbranched alkanes of at least 4 members (excludes halogenated alkanes) is 1. The average Bonchev–Trinajstić information content (AvgIpc) is 3.14. The Hall–Kier alpha value is -0.590. The molecule has 3 nitrogen and oxygen atoms in total. The zero-order valence-electron chi connectivity index (χ0n) is 12.2. The molecule has 0 aliphatic heterocycles. The van der Waals surface area contributed by atoms with Crippen LogP contribution in [0.25, 0.3) is 0 Å². The fourth-order valence-electron chi connectivity index (χ4n) is 1.87. The van der Waals surface area contributed by atoms with Gasteiger partial charge in [0.05, 0.1) is 18.1 Å². The fourth-order valence-corrected chi connectivity index (χ4v) is 1.87. The van der Waals surface area contributed by atoms with E-state index in [1.165, 1.54) is 19.3 Å². The predicted octanol–water partition coefficient (Wildman–Crippen LogP) is 3.06. The van der Waals surface area contributed by atoms with Crippen molar-refractivity contribution < 1.29 is 4.74 Å². The van der Waals surface area contributed by atoms with Crippen LogP contribution < -0.4 is 0 Å². The number of likely N-dealkylation sites (N-methyl/N-ethyl adjacent to an activating group) is 1. The first-order valence-electron chi connectivity index (χ1n) is 7.21. The standard InChI is InChI=1S/C15H28N2O/c1-15(2,13-16)8-4-5-9-17(3)10-11-18-12-14-6-7-14/h14H,4-12H2,1-3H3. The second-order valence-electron chi connectivity index (χ2n) is 6.27. The van der Waals surface area contributed by atoms with Crippen LogP contribution in [0.15, 0.2) is 0 Å².